The maximum Gasteiger partial charge on any atom is 0.137 e. The summed E-state index contributed by atoms with van der Waals surface area (Å²) in [5.41, 5.74) is 3.86. The summed E-state index contributed by atoms with van der Waals surface area (Å²) in [6, 6.07) is 10.1. The van der Waals surface area contributed by atoms with Gasteiger partial charge in [-0.15, -0.1) is 0 Å². The molecular formula is C24H23N3O2. The SMILES string of the molecule is CCN(CC)c1ccc2c(c1)O/C(=C\C1=CC(=C(C#N)C#N)C=C(C)O1)C=C2C. The largest absolute Gasteiger partial charge is 0.462 e. The Morgan fingerprint density at radius 1 is 1.03 bits per heavy atom. The first kappa shape index (κ1) is 20.0. The number of rotatable bonds is 4. The molecule has 0 radical (unpaired) electrons. The van der Waals surface area contributed by atoms with Gasteiger partial charge in [0.05, 0.1) is 0 Å². The minimum Gasteiger partial charge on any atom is -0.462 e. The Hall–Kier alpha value is -3.70. The lowest BCUT2D eigenvalue weighted by Gasteiger charge is -2.25. The van der Waals surface area contributed by atoms with Crippen LogP contribution in [0.1, 0.15) is 33.3 Å². The number of anilines is 1. The van der Waals surface area contributed by atoms with Gasteiger partial charge in [0.15, 0.2) is 0 Å². The highest BCUT2D eigenvalue weighted by Gasteiger charge is 2.18. The zero-order valence-electron chi connectivity index (χ0n) is 17.1. The highest BCUT2D eigenvalue weighted by atomic mass is 16.5. The smallest absolute Gasteiger partial charge is 0.137 e. The van der Waals surface area contributed by atoms with Gasteiger partial charge in [-0.3, -0.25) is 0 Å². The fourth-order valence-electron chi connectivity index (χ4n) is 3.39. The van der Waals surface area contributed by atoms with E-state index in [1.165, 1.54) is 0 Å². The van der Waals surface area contributed by atoms with Gasteiger partial charge in [-0.25, -0.2) is 0 Å². The molecule has 0 spiro atoms. The Kier molecular flexibility index (Phi) is 5.90. The Bertz CT molecular complexity index is 1050. The predicted molar refractivity (Wildman–Crippen MR) is 114 cm³/mol. The van der Waals surface area contributed by atoms with E-state index in [0.29, 0.717) is 22.9 Å². The van der Waals surface area contributed by atoms with Crippen LogP contribution in [0.25, 0.3) is 5.57 Å². The first-order chi connectivity index (χ1) is 14.0. The summed E-state index contributed by atoms with van der Waals surface area (Å²) in [5, 5.41) is 18.3. The van der Waals surface area contributed by atoms with Crippen molar-refractivity contribution in [2.24, 2.45) is 0 Å². The van der Waals surface area contributed by atoms with Crippen molar-refractivity contribution >= 4 is 11.3 Å². The van der Waals surface area contributed by atoms with Crippen molar-refractivity contribution in [3.63, 3.8) is 0 Å². The molecule has 0 aliphatic carbocycles. The third-order valence-electron chi connectivity index (χ3n) is 4.84. The van der Waals surface area contributed by atoms with Crippen LogP contribution in [0, 0.1) is 22.7 Å². The molecule has 0 atom stereocenters. The first-order valence-electron chi connectivity index (χ1n) is 9.58. The van der Waals surface area contributed by atoms with Crippen LogP contribution in [-0.2, 0) is 4.74 Å². The van der Waals surface area contributed by atoms with Crippen molar-refractivity contribution in [2.45, 2.75) is 27.7 Å². The van der Waals surface area contributed by atoms with E-state index < -0.39 is 0 Å². The minimum absolute atomic E-state index is 0.0500. The number of allylic oxidation sites excluding steroid dienone is 8. The van der Waals surface area contributed by atoms with Gasteiger partial charge in [0.1, 0.15) is 40.7 Å². The Morgan fingerprint density at radius 2 is 1.76 bits per heavy atom. The van der Waals surface area contributed by atoms with E-state index in [-0.39, 0.29) is 5.57 Å². The molecule has 3 rings (SSSR count). The van der Waals surface area contributed by atoms with Crippen LogP contribution in [0.4, 0.5) is 5.69 Å². The maximum atomic E-state index is 9.14. The minimum atomic E-state index is 0.0500. The Labute approximate surface area is 171 Å². The van der Waals surface area contributed by atoms with Crippen molar-refractivity contribution in [1.82, 2.24) is 0 Å². The molecule has 1 aromatic rings. The summed E-state index contributed by atoms with van der Waals surface area (Å²) in [4.78, 5) is 2.27. The Balaban J connectivity index is 1.97. The third kappa shape index (κ3) is 4.25. The van der Waals surface area contributed by atoms with Crippen LogP contribution in [0.5, 0.6) is 5.75 Å². The van der Waals surface area contributed by atoms with Gasteiger partial charge in [0.2, 0.25) is 0 Å². The van der Waals surface area contributed by atoms with Crippen LogP contribution >= 0.6 is 0 Å². The second-order valence-electron chi connectivity index (χ2n) is 6.79. The maximum absolute atomic E-state index is 9.14. The summed E-state index contributed by atoms with van der Waals surface area (Å²) in [6.07, 6.45) is 7.09. The van der Waals surface area contributed by atoms with Gasteiger partial charge in [0.25, 0.3) is 0 Å². The van der Waals surface area contributed by atoms with Crippen LogP contribution < -0.4 is 9.64 Å². The zero-order chi connectivity index (χ0) is 21.0. The highest BCUT2D eigenvalue weighted by molar-refractivity contribution is 5.76. The molecule has 0 aromatic heterocycles. The van der Waals surface area contributed by atoms with Crippen LogP contribution in [0.3, 0.4) is 0 Å². The van der Waals surface area contributed by atoms with Crippen molar-refractivity contribution < 1.29 is 9.47 Å². The average molecular weight is 385 g/mol. The molecule has 0 bridgehead atoms. The summed E-state index contributed by atoms with van der Waals surface area (Å²) in [6.45, 7) is 9.94. The molecule has 0 amide bonds. The molecule has 0 fully saturated rings. The number of nitrogens with zero attached hydrogens (tertiary/aromatic N) is 3. The molecule has 0 saturated carbocycles. The van der Waals surface area contributed by atoms with E-state index in [2.05, 4.69) is 36.9 Å². The lowest BCUT2D eigenvalue weighted by atomic mass is 10.0. The van der Waals surface area contributed by atoms with Gasteiger partial charge in [-0.1, -0.05) is 0 Å². The number of benzene rings is 1. The van der Waals surface area contributed by atoms with Crippen LogP contribution in [-0.4, -0.2) is 13.1 Å². The molecule has 0 unspecified atom stereocenters. The first-order valence-corrected chi connectivity index (χ1v) is 9.58. The molecule has 1 aromatic carbocycles. The summed E-state index contributed by atoms with van der Waals surface area (Å²) in [7, 11) is 0. The van der Waals surface area contributed by atoms with Crippen molar-refractivity contribution in [3.8, 4) is 17.9 Å². The topological polar surface area (TPSA) is 69.3 Å². The second-order valence-corrected chi connectivity index (χ2v) is 6.79. The molecule has 2 aliphatic rings. The monoisotopic (exact) mass is 385 g/mol. The van der Waals surface area contributed by atoms with E-state index in [1.54, 1.807) is 25.2 Å². The molecule has 2 aliphatic heterocycles. The van der Waals surface area contributed by atoms with Gasteiger partial charge in [-0.05, 0) is 63.6 Å². The number of hydrogen-bond acceptors (Lipinski definition) is 5. The third-order valence-corrected chi connectivity index (χ3v) is 4.84. The summed E-state index contributed by atoms with van der Waals surface area (Å²) >= 11 is 0. The number of fused-ring (bicyclic) bond motifs is 1. The standard InChI is InChI=1S/C24H23N3O2/c1-5-27(6-2)20-7-8-23-16(3)9-21(29-24(23)12-20)13-22-11-18(10-17(4)28-22)19(14-25)15-26/h7-13H,5-6H2,1-4H3/b21-13-. The van der Waals surface area contributed by atoms with Crippen molar-refractivity contribution in [1.29, 1.82) is 10.5 Å². The number of nitriles is 2. The van der Waals surface area contributed by atoms with E-state index in [4.69, 9.17) is 20.0 Å². The van der Waals surface area contributed by atoms with Gasteiger partial charge in [0, 0.05) is 42.1 Å². The van der Waals surface area contributed by atoms with Gasteiger partial charge >= 0.3 is 0 Å². The number of hydrogen-bond donors (Lipinski definition) is 0. The molecule has 5 nitrogen and oxygen atoms in total. The van der Waals surface area contributed by atoms with E-state index >= 15 is 0 Å². The molecule has 0 saturated heterocycles. The average Bonchev–Trinajstić information content (AvgIpc) is 2.69. The van der Waals surface area contributed by atoms with Crippen molar-refractivity contribution in [2.75, 3.05) is 18.0 Å². The van der Waals surface area contributed by atoms with E-state index in [0.717, 1.165) is 35.7 Å². The van der Waals surface area contributed by atoms with Crippen molar-refractivity contribution in [3.05, 3.63) is 76.5 Å². The normalized spacial score (nSPS) is 16.3. The number of ether oxygens (including phenoxy) is 2. The fraction of sp³-hybridized carbons (Fsp3) is 0.250. The fourth-order valence-corrected chi connectivity index (χ4v) is 3.39. The lowest BCUT2D eigenvalue weighted by Crippen LogP contribution is -2.21. The zero-order valence-corrected chi connectivity index (χ0v) is 17.1. The Morgan fingerprint density at radius 3 is 2.41 bits per heavy atom. The molecule has 2 heterocycles. The molecule has 5 heteroatoms. The second kappa shape index (κ2) is 8.54. The molecule has 29 heavy (non-hydrogen) atoms. The summed E-state index contributed by atoms with van der Waals surface area (Å²) < 4.78 is 11.9. The lowest BCUT2D eigenvalue weighted by molar-refractivity contribution is 0.313. The quantitative estimate of drug-likeness (QED) is 0.651. The van der Waals surface area contributed by atoms with E-state index in [1.807, 2.05) is 25.1 Å². The molecular weight excluding hydrogens is 362 g/mol. The predicted octanol–water partition coefficient (Wildman–Crippen LogP) is 5.37. The van der Waals surface area contributed by atoms with Gasteiger partial charge < -0.3 is 14.4 Å². The molecule has 0 N–H and O–H groups in total. The van der Waals surface area contributed by atoms with E-state index in [9.17, 15) is 0 Å². The molecule has 146 valence electrons. The highest BCUT2D eigenvalue weighted by Crippen LogP contribution is 2.36. The van der Waals surface area contributed by atoms with Crippen LogP contribution in [0.15, 0.2) is 70.9 Å². The summed E-state index contributed by atoms with van der Waals surface area (Å²) in [5.74, 6) is 2.57. The van der Waals surface area contributed by atoms with Crippen LogP contribution in [0.2, 0.25) is 0 Å². The van der Waals surface area contributed by atoms with Gasteiger partial charge in [-0.2, -0.15) is 10.5 Å².